The number of benzene rings is 2. The average molecular weight is 447 g/mol. The minimum absolute atomic E-state index is 0.123. The van der Waals surface area contributed by atoms with E-state index < -0.39 is 21.0 Å². The first-order chi connectivity index (χ1) is 14.3. The number of rotatable bonds is 6. The molecule has 1 aliphatic carbocycles. The predicted molar refractivity (Wildman–Crippen MR) is 117 cm³/mol. The van der Waals surface area contributed by atoms with Gasteiger partial charge in [0.1, 0.15) is 0 Å². The van der Waals surface area contributed by atoms with Crippen molar-refractivity contribution in [1.82, 2.24) is 0 Å². The second kappa shape index (κ2) is 8.04. The fourth-order valence-electron chi connectivity index (χ4n) is 3.72. The van der Waals surface area contributed by atoms with Crippen LogP contribution in [-0.4, -0.2) is 32.0 Å². The molecular formula is C22H23ClN2O4S. The van der Waals surface area contributed by atoms with E-state index in [1.807, 2.05) is 0 Å². The smallest absolute Gasteiger partial charge is 0.230 e. The van der Waals surface area contributed by atoms with Gasteiger partial charge in [0, 0.05) is 35.3 Å². The maximum Gasteiger partial charge on any atom is 0.230 e. The van der Waals surface area contributed by atoms with E-state index in [9.17, 15) is 18.0 Å². The Morgan fingerprint density at radius 1 is 1.20 bits per heavy atom. The van der Waals surface area contributed by atoms with Crippen molar-refractivity contribution in [1.29, 1.82) is 0 Å². The third-order valence-corrected chi connectivity index (χ3v) is 7.95. The van der Waals surface area contributed by atoms with Crippen molar-refractivity contribution in [3.05, 3.63) is 53.1 Å². The van der Waals surface area contributed by atoms with E-state index in [1.165, 1.54) is 13.0 Å². The van der Waals surface area contributed by atoms with Crippen LogP contribution < -0.4 is 10.2 Å². The number of halogens is 1. The Labute approximate surface area is 181 Å². The summed E-state index contributed by atoms with van der Waals surface area (Å²) in [5.41, 5.74) is 2.19. The number of carbonyl (C=O) groups is 2. The maximum atomic E-state index is 13.0. The molecule has 0 bridgehead atoms. The molecule has 0 saturated heterocycles. The molecule has 1 aliphatic heterocycles. The summed E-state index contributed by atoms with van der Waals surface area (Å²) in [6, 6.07) is 11.6. The van der Waals surface area contributed by atoms with Crippen LogP contribution in [0.2, 0.25) is 5.02 Å². The van der Waals surface area contributed by atoms with Crippen molar-refractivity contribution >= 4 is 44.6 Å². The number of sulfone groups is 1. The van der Waals surface area contributed by atoms with Crippen LogP contribution in [0.15, 0.2) is 47.4 Å². The van der Waals surface area contributed by atoms with Gasteiger partial charge < -0.3 is 10.2 Å². The van der Waals surface area contributed by atoms with Gasteiger partial charge in [-0.1, -0.05) is 17.7 Å². The molecule has 0 unspecified atom stereocenters. The maximum absolute atomic E-state index is 13.0. The molecule has 0 aromatic heterocycles. The van der Waals surface area contributed by atoms with Crippen LogP contribution in [0.25, 0.3) is 0 Å². The van der Waals surface area contributed by atoms with Crippen molar-refractivity contribution in [3.63, 3.8) is 0 Å². The summed E-state index contributed by atoms with van der Waals surface area (Å²) < 4.78 is 26.1. The molecule has 2 aliphatic rings. The summed E-state index contributed by atoms with van der Waals surface area (Å²) in [6.07, 6.45) is 2.34. The lowest BCUT2D eigenvalue weighted by Gasteiger charge is -2.18. The van der Waals surface area contributed by atoms with Gasteiger partial charge in [-0.25, -0.2) is 8.42 Å². The highest BCUT2D eigenvalue weighted by Gasteiger charge is 2.37. The van der Waals surface area contributed by atoms with Crippen LogP contribution in [0.4, 0.5) is 11.4 Å². The van der Waals surface area contributed by atoms with Crippen LogP contribution in [0.1, 0.15) is 31.7 Å². The zero-order valence-electron chi connectivity index (χ0n) is 16.6. The Kier molecular flexibility index (Phi) is 5.59. The van der Waals surface area contributed by atoms with Gasteiger partial charge in [0.05, 0.1) is 10.1 Å². The second-order valence-corrected chi connectivity index (χ2v) is 10.7. The van der Waals surface area contributed by atoms with E-state index in [2.05, 4.69) is 5.32 Å². The van der Waals surface area contributed by atoms with E-state index in [-0.39, 0.29) is 23.1 Å². The molecule has 4 rings (SSSR count). The highest BCUT2D eigenvalue weighted by Crippen LogP contribution is 2.37. The van der Waals surface area contributed by atoms with Crippen molar-refractivity contribution in [2.45, 2.75) is 42.8 Å². The van der Waals surface area contributed by atoms with Crippen LogP contribution in [-0.2, 0) is 25.8 Å². The molecule has 1 saturated carbocycles. The van der Waals surface area contributed by atoms with Crippen molar-refractivity contribution in [2.75, 3.05) is 16.8 Å². The molecule has 0 radical (unpaired) electrons. The summed E-state index contributed by atoms with van der Waals surface area (Å²) in [4.78, 5) is 26.7. The van der Waals surface area contributed by atoms with Gasteiger partial charge in [0.25, 0.3) is 0 Å². The minimum atomic E-state index is -3.69. The minimum Gasteiger partial charge on any atom is -0.326 e. The fraction of sp³-hybridized carbons (Fsp3) is 0.364. The van der Waals surface area contributed by atoms with Gasteiger partial charge in [-0.3, -0.25) is 9.59 Å². The first-order valence-corrected chi connectivity index (χ1v) is 11.9. The largest absolute Gasteiger partial charge is 0.326 e. The lowest BCUT2D eigenvalue weighted by Crippen LogP contribution is -2.30. The van der Waals surface area contributed by atoms with E-state index in [4.69, 9.17) is 11.6 Å². The number of carbonyl (C=O) groups excluding carboxylic acids is 2. The molecule has 0 spiro atoms. The molecule has 1 atom stereocenters. The number of nitrogens with one attached hydrogen (secondary N) is 1. The Bertz CT molecular complexity index is 1110. The summed E-state index contributed by atoms with van der Waals surface area (Å²) in [6.45, 7) is 2.12. The van der Waals surface area contributed by atoms with Gasteiger partial charge in [-0.2, -0.15) is 0 Å². The van der Waals surface area contributed by atoms with Crippen molar-refractivity contribution in [2.24, 2.45) is 5.92 Å². The Morgan fingerprint density at radius 2 is 1.97 bits per heavy atom. The van der Waals surface area contributed by atoms with Crippen LogP contribution in [0, 0.1) is 5.92 Å². The number of amides is 2. The summed E-state index contributed by atoms with van der Waals surface area (Å²) in [5, 5.41) is 2.28. The van der Waals surface area contributed by atoms with Crippen molar-refractivity contribution in [3.8, 4) is 0 Å². The lowest BCUT2D eigenvalue weighted by atomic mass is 10.2. The Morgan fingerprint density at radius 3 is 2.67 bits per heavy atom. The van der Waals surface area contributed by atoms with Gasteiger partial charge >= 0.3 is 0 Å². The first kappa shape index (κ1) is 20.9. The summed E-state index contributed by atoms with van der Waals surface area (Å²) in [5.74, 6) is -0.136. The third kappa shape index (κ3) is 4.23. The fourth-order valence-corrected chi connectivity index (χ4v) is 5.31. The zero-order valence-corrected chi connectivity index (χ0v) is 18.2. The second-order valence-electron chi connectivity index (χ2n) is 7.92. The van der Waals surface area contributed by atoms with Gasteiger partial charge in [-0.05, 0) is 68.1 Å². The zero-order chi connectivity index (χ0) is 21.5. The van der Waals surface area contributed by atoms with Crippen LogP contribution in [0.3, 0.4) is 0 Å². The number of fused-ring (bicyclic) bond motifs is 1. The molecule has 8 heteroatoms. The van der Waals surface area contributed by atoms with E-state index in [1.54, 1.807) is 41.3 Å². The van der Waals surface area contributed by atoms with Crippen molar-refractivity contribution < 1.29 is 18.0 Å². The normalized spacial score (nSPS) is 16.8. The molecule has 2 amide bonds. The molecule has 1 fully saturated rings. The monoisotopic (exact) mass is 446 g/mol. The average Bonchev–Trinajstić information content (AvgIpc) is 3.46. The Balaban J connectivity index is 1.46. The topological polar surface area (TPSA) is 83.6 Å². The highest BCUT2D eigenvalue weighted by atomic mass is 35.5. The molecule has 2 aromatic rings. The first-order valence-electron chi connectivity index (χ1n) is 9.99. The van der Waals surface area contributed by atoms with E-state index in [0.29, 0.717) is 23.7 Å². The molecule has 6 nitrogen and oxygen atoms in total. The number of nitrogens with zero attached hydrogens (tertiary/aromatic N) is 1. The Hall–Kier alpha value is -2.38. The number of anilines is 2. The highest BCUT2D eigenvalue weighted by molar-refractivity contribution is 7.92. The predicted octanol–water partition coefficient (Wildman–Crippen LogP) is 3.83. The molecular weight excluding hydrogens is 424 g/mol. The standard InChI is InChI=1S/C22H23ClN2O4S/c1-14(11-21(26)24-18-4-2-3-17(23)13-18)30(28,29)19-7-8-20-16(12-19)9-10-25(20)22(27)15-5-6-15/h2-4,7-8,12-15H,5-6,9-11H2,1H3,(H,24,26)/t14-/m1/s1. The van der Waals surface area contributed by atoms with Crippen LogP contribution >= 0.6 is 11.6 Å². The lowest BCUT2D eigenvalue weighted by molar-refractivity contribution is -0.119. The SMILES string of the molecule is C[C@H](CC(=O)Nc1cccc(Cl)c1)S(=O)(=O)c1ccc2c(c1)CCN2C(=O)C1CC1. The number of hydrogen-bond donors (Lipinski definition) is 1. The summed E-state index contributed by atoms with van der Waals surface area (Å²) in [7, 11) is -3.69. The van der Waals surface area contributed by atoms with Crippen LogP contribution in [0.5, 0.6) is 0 Å². The number of hydrogen-bond acceptors (Lipinski definition) is 4. The quantitative estimate of drug-likeness (QED) is 0.730. The molecule has 2 aromatic carbocycles. The molecule has 158 valence electrons. The van der Waals surface area contributed by atoms with E-state index in [0.717, 1.165) is 24.1 Å². The molecule has 1 N–H and O–H groups in total. The van der Waals surface area contributed by atoms with Gasteiger partial charge in [0.15, 0.2) is 9.84 Å². The molecule has 1 heterocycles. The van der Waals surface area contributed by atoms with Gasteiger partial charge in [-0.15, -0.1) is 0 Å². The summed E-state index contributed by atoms with van der Waals surface area (Å²) >= 11 is 5.91. The van der Waals surface area contributed by atoms with E-state index >= 15 is 0 Å². The van der Waals surface area contributed by atoms with Gasteiger partial charge in [0.2, 0.25) is 11.8 Å². The molecule has 30 heavy (non-hydrogen) atoms. The third-order valence-electron chi connectivity index (χ3n) is 5.58.